The van der Waals surface area contributed by atoms with Crippen LogP contribution in [0.15, 0.2) is 24.3 Å². The Labute approximate surface area is 93.0 Å². The third kappa shape index (κ3) is 7.98. The molecule has 0 radical (unpaired) electrons. The number of carbonyl (C=O) groups excluding carboxylic acids is 1. The van der Waals surface area contributed by atoms with Crippen molar-refractivity contribution in [2.75, 3.05) is 6.61 Å². The molecule has 0 bridgehead atoms. The lowest BCUT2D eigenvalue weighted by molar-refractivity contribution is -0.144. The van der Waals surface area contributed by atoms with Gasteiger partial charge >= 0.3 is 5.97 Å². The molecule has 0 amide bonds. The van der Waals surface area contributed by atoms with E-state index in [0.29, 0.717) is 18.9 Å². The maximum absolute atomic E-state index is 10.9. The van der Waals surface area contributed by atoms with Gasteiger partial charge in [-0.2, -0.15) is 0 Å². The molecule has 0 rings (SSSR count). The van der Waals surface area contributed by atoms with Gasteiger partial charge in [-0.3, -0.25) is 4.79 Å². The molecule has 86 valence electrons. The van der Waals surface area contributed by atoms with Gasteiger partial charge in [0.05, 0.1) is 6.61 Å². The van der Waals surface area contributed by atoms with E-state index >= 15 is 0 Å². The first-order valence-corrected chi connectivity index (χ1v) is 5.55. The van der Waals surface area contributed by atoms with Crippen molar-refractivity contribution in [3.8, 4) is 0 Å². The Balaban J connectivity index is 3.61. The molecule has 0 aromatic carbocycles. The molecule has 0 saturated heterocycles. The molecule has 1 atom stereocenters. The van der Waals surface area contributed by atoms with Gasteiger partial charge in [-0.25, -0.2) is 0 Å². The van der Waals surface area contributed by atoms with Crippen molar-refractivity contribution < 1.29 is 9.53 Å². The van der Waals surface area contributed by atoms with Crippen LogP contribution in [0.25, 0.3) is 0 Å². The number of hydrogen-bond donors (Lipinski definition) is 0. The minimum atomic E-state index is -0.111. The van der Waals surface area contributed by atoms with Crippen LogP contribution in [0.3, 0.4) is 0 Å². The molecule has 0 saturated carbocycles. The lowest BCUT2D eigenvalue weighted by atomic mass is 10.1. The Bertz CT molecular complexity index is 229. The first-order chi connectivity index (χ1) is 7.10. The van der Waals surface area contributed by atoms with Gasteiger partial charge in [0.25, 0.3) is 0 Å². The molecular formula is C13H22O2. The largest absolute Gasteiger partial charge is 0.465 e. The fourth-order valence-electron chi connectivity index (χ4n) is 1.10. The highest BCUT2D eigenvalue weighted by Gasteiger charge is 2.04. The van der Waals surface area contributed by atoms with Crippen LogP contribution in [0.4, 0.5) is 0 Å². The van der Waals surface area contributed by atoms with Gasteiger partial charge in [-0.05, 0) is 25.7 Å². The van der Waals surface area contributed by atoms with Crippen LogP contribution in [0.1, 0.15) is 40.0 Å². The summed E-state index contributed by atoms with van der Waals surface area (Å²) in [6.07, 6.45) is 6.53. The topological polar surface area (TPSA) is 26.3 Å². The van der Waals surface area contributed by atoms with Crippen LogP contribution in [0.2, 0.25) is 0 Å². The van der Waals surface area contributed by atoms with Crippen LogP contribution < -0.4 is 0 Å². The normalized spacial score (nSPS) is 13.4. The number of allylic oxidation sites excluding steroid dienone is 3. The quantitative estimate of drug-likeness (QED) is 0.475. The highest BCUT2D eigenvalue weighted by molar-refractivity contribution is 5.68. The summed E-state index contributed by atoms with van der Waals surface area (Å²) in [7, 11) is 0. The molecule has 0 aromatic heterocycles. The van der Waals surface area contributed by atoms with Crippen molar-refractivity contribution in [3.05, 3.63) is 24.3 Å². The number of rotatable bonds is 7. The molecule has 2 nitrogen and oxygen atoms in total. The third-order valence-electron chi connectivity index (χ3n) is 2.27. The molecule has 0 aliphatic heterocycles. The summed E-state index contributed by atoms with van der Waals surface area (Å²) in [5, 5.41) is 0. The number of carbonyl (C=O) groups is 1. The Kier molecular flexibility index (Phi) is 7.69. The van der Waals surface area contributed by atoms with E-state index in [4.69, 9.17) is 4.74 Å². The van der Waals surface area contributed by atoms with Gasteiger partial charge in [-0.15, -0.1) is 0 Å². The van der Waals surface area contributed by atoms with Crippen molar-refractivity contribution in [2.24, 2.45) is 5.92 Å². The predicted molar refractivity (Wildman–Crippen MR) is 63.6 cm³/mol. The molecule has 15 heavy (non-hydrogen) atoms. The smallest absolute Gasteiger partial charge is 0.305 e. The first-order valence-electron chi connectivity index (χ1n) is 5.55. The predicted octanol–water partition coefficient (Wildman–Crippen LogP) is 3.49. The summed E-state index contributed by atoms with van der Waals surface area (Å²) in [6, 6.07) is 0. The Morgan fingerprint density at radius 2 is 2.20 bits per heavy atom. The second-order valence-electron chi connectivity index (χ2n) is 3.87. The molecular weight excluding hydrogens is 188 g/mol. The maximum atomic E-state index is 10.9. The van der Waals surface area contributed by atoms with E-state index in [1.165, 1.54) is 5.57 Å². The van der Waals surface area contributed by atoms with E-state index in [1.54, 1.807) is 0 Å². The van der Waals surface area contributed by atoms with E-state index < -0.39 is 0 Å². The SMILES string of the molecule is C=C/C(C)=C/CCC(C)COC(=O)CC. The van der Waals surface area contributed by atoms with Gasteiger partial charge in [0.2, 0.25) is 0 Å². The minimum Gasteiger partial charge on any atom is -0.465 e. The highest BCUT2D eigenvalue weighted by Crippen LogP contribution is 2.09. The molecule has 0 aliphatic carbocycles. The summed E-state index contributed by atoms with van der Waals surface area (Å²) in [6.45, 7) is 10.2. The summed E-state index contributed by atoms with van der Waals surface area (Å²) < 4.78 is 5.06. The van der Waals surface area contributed by atoms with Crippen LogP contribution in [-0.4, -0.2) is 12.6 Å². The fourth-order valence-corrected chi connectivity index (χ4v) is 1.10. The van der Waals surface area contributed by atoms with E-state index in [1.807, 2.05) is 19.9 Å². The van der Waals surface area contributed by atoms with Crippen LogP contribution in [-0.2, 0) is 9.53 Å². The van der Waals surface area contributed by atoms with Crippen molar-refractivity contribution in [1.29, 1.82) is 0 Å². The molecule has 2 heteroatoms. The standard InChI is InChI=1S/C13H22O2/c1-5-11(3)8-7-9-12(4)10-15-13(14)6-2/h5,8,12H,1,6-7,9-10H2,2-4H3/b11-8+. The molecule has 0 heterocycles. The van der Waals surface area contributed by atoms with Crippen LogP contribution >= 0.6 is 0 Å². The average Bonchev–Trinajstić information content (AvgIpc) is 2.25. The molecule has 0 spiro atoms. The maximum Gasteiger partial charge on any atom is 0.305 e. The summed E-state index contributed by atoms with van der Waals surface area (Å²) >= 11 is 0. The average molecular weight is 210 g/mol. The van der Waals surface area contributed by atoms with Crippen molar-refractivity contribution in [2.45, 2.75) is 40.0 Å². The Hall–Kier alpha value is -1.05. The summed E-state index contributed by atoms with van der Waals surface area (Å²) in [4.78, 5) is 10.9. The van der Waals surface area contributed by atoms with Crippen LogP contribution in [0, 0.1) is 5.92 Å². The van der Waals surface area contributed by atoms with Gasteiger partial charge in [0.15, 0.2) is 0 Å². The van der Waals surface area contributed by atoms with Crippen molar-refractivity contribution in [1.82, 2.24) is 0 Å². The Morgan fingerprint density at radius 1 is 1.53 bits per heavy atom. The fraction of sp³-hybridized carbons (Fsp3) is 0.615. The molecule has 0 aliphatic rings. The zero-order valence-electron chi connectivity index (χ0n) is 10.1. The molecule has 0 N–H and O–H groups in total. The lowest BCUT2D eigenvalue weighted by Gasteiger charge is -2.10. The third-order valence-corrected chi connectivity index (χ3v) is 2.27. The zero-order chi connectivity index (χ0) is 11.7. The highest BCUT2D eigenvalue weighted by atomic mass is 16.5. The lowest BCUT2D eigenvalue weighted by Crippen LogP contribution is -2.10. The van der Waals surface area contributed by atoms with E-state index in [0.717, 1.165) is 12.8 Å². The number of hydrogen-bond acceptors (Lipinski definition) is 2. The van der Waals surface area contributed by atoms with Crippen molar-refractivity contribution >= 4 is 5.97 Å². The summed E-state index contributed by atoms with van der Waals surface area (Å²) in [5.41, 5.74) is 1.20. The summed E-state index contributed by atoms with van der Waals surface area (Å²) in [5.74, 6) is 0.314. The molecule has 1 unspecified atom stereocenters. The van der Waals surface area contributed by atoms with E-state index in [-0.39, 0.29) is 5.97 Å². The van der Waals surface area contributed by atoms with Crippen molar-refractivity contribution in [3.63, 3.8) is 0 Å². The van der Waals surface area contributed by atoms with Gasteiger partial charge in [0, 0.05) is 6.42 Å². The Morgan fingerprint density at radius 3 is 2.73 bits per heavy atom. The number of ether oxygens (including phenoxy) is 1. The monoisotopic (exact) mass is 210 g/mol. The van der Waals surface area contributed by atoms with E-state index in [2.05, 4.69) is 19.6 Å². The zero-order valence-corrected chi connectivity index (χ0v) is 10.1. The molecule has 0 aromatic rings. The second kappa shape index (κ2) is 8.27. The van der Waals surface area contributed by atoms with Crippen LogP contribution in [0.5, 0.6) is 0 Å². The van der Waals surface area contributed by atoms with Gasteiger partial charge in [0.1, 0.15) is 0 Å². The minimum absolute atomic E-state index is 0.111. The van der Waals surface area contributed by atoms with Gasteiger partial charge in [-0.1, -0.05) is 38.2 Å². The first kappa shape index (κ1) is 13.9. The van der Waals surface area contributed by atoms with Gasteiger partial charge < -0.3 is 4.74 Å². The van der Waals surface area contributed by atoms with E-state index in [9.17, 15) is 4.79 Å². The number of esters is 1. The second-order valence-corrected chi connectivity index (χ2v) is 3.87. The molecule has 0 fully saturated rings.